The van der Waals surface area contributed by atoms with Crippen LogP contribution in [0.3, 0.4) is 0 Å². The van der Waals surface area contributed by atoms with E-state index in [4.69, 9.17) is 0 Å². The lowest BCUT2D eigenvalue weighted by atomic mass is 10.1. The number of hydrogen-bond donors (Lipinski definition) is 1. The van der Waals surface area contributed by atoms with E-state index in [2.05, 4.69) is 54.4 Å². The molecule has 26 heavy (non-hydrogen) atoms. The zero-order chi connectivity index (χ0) is 17.9. The van der Waals surface area contributed by atoms with E-state index in [1.807, 2.05) is 38.4 Å². The van der Waals surface area contributed by atoms with Crippen LogP contribution in [0.2, 0.25) is 0 Å². The minimum atomic E-state index is 0.707. The van der Waals surface area contributed by atoms with E-state index in [0.717, 1.165) is 36.1 Å². The molecule has 0 fully saturated rings. The smallest absolute Gasteiger partial charge is 0.178 e. The Hall–Kier alpha value is -3.22. The summed E-state index contributed by atoms with van der Waals surface area (Å²) in [4.78, 5) is 4.28. The molecule has 0 aliphatic carbocycles. The van der Waals surface area contributed by atoms with Crippen LogP contribution in [-0.4, -0.2) is 29.4 Å². The highest BCUT2D eigenvalue weighted by molar-refractivity contribution is 5.44. The van der Waals surface area contributed by atoms with Crippen molar-refractivity contribution >= 4 is 11.5 Å². The maximum atomic E-state index is 4.58. The molecule has 0 bridgehead atoms. The van der Waals surface area contributed by atoms with Gasteiger partial charge in [-0.25, -0.2) is 4.98 Å². The molecule has 1 aromatic carbocycles. The van der Waals surface area contributed by atoms with Gasteiger partial charge in [-0.15, -0.1) is 15.3 Å². The molecule has 0 aliphatic rings. The van der Waals surface area contributed by atoms with E-state index in [0.29, 0.717) is 6.54 Å². The second-order valence-electron chi connectivity index (χ2n) is 6.23. The van der Waals surface area contributed by atoms with Crippen LogP contribution in [0.25, 0.3) is 5.65 Å². The van der Waals surface area contributed by atoms with E-state index >= 15 is 0 Å². The molecule has 0 unspecified atom stereocenters. The maximum absolute atomic E-state index is 4.58. The van der Waals surface area contributed by atoms with Crippen LogP contribution < -0.4 is 5.32 Å². The SMILES string of the molecule is CCc1nnc2ccc(NCc3cccc(Cn4ccnc4C)c3)nn12. The van der Waals surface area contributed by atoms with Gasteiger partial charge in [0.1, 0.15) is 11.6 Å². The van der Waals surface area contributed by atoms with Crippen LogP contribution in [0.5, 0.6) is 0 Å². The predicted octanol–water partition coefficient (Wildman–Crippen LogP) is 2.85. The summed E-state index contributed by atoms with van der Waals surface area (Å²) >= 11 is 0. The molecule has 0 saturated heterocycles. The number of benzene rings is 1. The van der Waals surface area contributed by atoms with E-state index < -0.39 is 0 Å². The molecule has 3 aromatic heterocycles. The van der Waals surface area contributed by atoms with Crippen molar-refractivity contribution in [1.29, 1.82) is 0 Å². The van der Waals surface area contributed by atoms with E-state index in [1.165, 1.54) is 11.1 Å². The first-order valence-corrected chi connectivity index (χ1v) is 8.73. The van der Waals surface area contributed by atoms with Gasteiger partial charge in [0.2, 0.25) is 0 Å². The van der Waals surface area contributed by atoms with Crippen molar-refractivity contribution in [2.45, 2.75) is 33.4 Å². The molecule has 0 atom stereocenters. The Morgan fingerprint density at radius 1 is 1.08 bits per heavy atom. The zero-order valence-corrected chi connectivity index (χ0v) is 14.9. The summed E-state index contributed by atoms with van der Waals surface area (Å²) in [7, 11) is 0. The van der Waals surface area contributed by atoms with Crippen molar-refractivity contribution in [3.8, 4) is 0 Å². The molecule has 0 aliphatic heterocycles. The van der Waals surface area contributed by atoms with Gasteiger partial charge < -0.3 is 9.88 Å². The highest BCUT2D eigenvalue weighted by Gasteiger charge is 2.06. The van der Waals surface area contributed by atoms with Gasteiger partial charge in [-0.1, -0.05) is 31.2 Å². The van der Waals surface area contributed by atoms with Crippen LogP contribution in [-0.2, 0) is 19.5 Å². The van der Waals surface area contributed by atoms with Crippen LogP contribution >= 0.6 is 0 Å². The first-order valence-electron chi connectivity index (χ1n) is 8.73. The number of hydrogen-bond acceptors (Lipinski definition) is 5. The van der Waals surface area contributed by atoms with Crippen molar-refractivity contribution in [2.75, 3.05) is 5.32 Å². The Balaban J connectivity index is 1.48. The number of nitrogens with zero attached hydrogens (tertiary/aromatic N) is 6. The molecule has 4 aromatic rings. The lowest BCUT2D eigenvalue weighted by molar-refractivity contribution is 0.760. The minimum Gasteiger partial charge on any atom is -0.365 e. The molecular weight excluding hydrogens is 326 g/mol. The highest BCUT2D eigenvalue weighted by Crippen LogP contribution is 2.12. The molecule has 3 heterocycles. The molecule has 4 rings (SSSR count). The summed E-state index contributed by atoms with van der Waals surface area (Å²) < 4.78 is 3.93. The van der Waals surface area contributed by atoms with Crippen molar-refractivity contribution in [2.24, 2.45) is 0 Å². The summed E-state index contributed by atoms with van der Waals surface area (Å²) in [5.74, 6) is 2.69. The van der Waals surface area contributed by atoms with E-state index in [1.54, 1.807) is 4.52 Å². The average Bonchev–Trinajstić information content (AvgIpc) is 3.26. The molecule has 132 valence electrons. The normalized spacial score (nSPS) is 11.2. The third-order valence-corrected chi connectivity index (χ3v) is 4.39. The topological polar surface area (TPSA) is 72.9 Å². The lowest BCUT2D eigenvalue weighted by Crippen LogP contribution is -2.06. The first kappa shape index (κ1) is 16.3. The van der Waals surface area contributed by atoms with Gasteiger partial charge in [0.25, 0.3) is 0 Å². The number of imidazole rings is 1. The second-order valence-corrected chi connectivity index (χ2v) is 6.23. The monoisotopic (exact) mass is 347 g/mol. The standard InChI is InChI=1S/C19H21N7/c1-3-18-22-23-19-8-7-17(24-26(18)19)21-12-15-5-4-6-16(11-15)13-25-10-9-20-14(25)2/h4-11H,3,12-13H2,1-2H3,(H,21,24). The van der Waals surface area contributed by atoms with Crippen molar-refractivity contribution in [3.63, 3.8) is 0 Å². The van der Waals surface area contributed by atoms with Gasteiger partial charge in [0.05, 0.1) is 0 Å². The number of nitrogens with one attached hydrogen (secondary N) is 1. The van der Waals surface area contributed by atoms with Crippen LogP contribution in [0.4, 0.5) is 5.82 Å². The molecule has 7 nitrogen and oxygen atoms in total. The van der Waals surface area contributed by atoms with Gasteiger partial charge >= 0.3 is 0 Å². The number of rotatable bonds is 6. The Morgan fingerprint density at radius 2 is 1.96 bits per heavy atom. The Kier molecular flexibility index (Phi) is 4.35. The largest absolute Gasteiger partial charge is 0.365 e. The third-order valence-electron chi connectivity index (χ3n) is 4.39. The first-order chi connectivity index (χ1) is 12.7. The Bertz CT molecular complexity index is 1030. The fraction of sp³-hybridized carbons (Fsp3) is 0.263. The average molecular weight is 347 g/mol. The maximum Gasteiger partial charge on any atom is 0.178 e. The van der Waals surface area contributed by atoms with E-state index in [9.17, 15) is 0 Å². The zero-order valence-electron chi connectivity index (χ0n) is 14.9. The molecule has 0 amide bonds. The Morgan fingerprint density at radius 3 is 2.77 bits per heavy atom. The van der Waals surface area contributed by atoms with Crippen molar-refractivity contribution in [3.05, 3.63) is 71.6 Å². The van der Waals surface area contributed by atoms with Crippen LogP contribution in [0, 0.1) is 6.92 Å². The van der Waals surface area contributed by atoms with Crippen LogP contribution in [0.15, 0.2) is 48.8 Å². The number of fused-ring (bicyclic) bond motifs is 1. The summed E-state index contributed by atoms with van der Waals surface area (Å²) in [5, 5.41) is 16.2. The highest BCUT2D eigenvalue weighted by atomic mass is 15.4. The van der Waals surface area contributed by atoms with Crippen molar-refractivity contribution in [1.82, 2.24) is 29.4 Å². The van der Waals surface area contributed by atoms with Crippen LogP contribution in [0.1, 0.15) is 29.7 Å². The van der Waals surface area contributed by atoms with Crippen molar-refractivity contribution < 1.29 is 0 Å². The number of aromatic nitrogens is 6. The predicted molar refractivity (Wildman–Crippen MR) is 100.0 cm³/mol. The number of aryl methyl sites for hydroxylation is 2. The van der Waals surface area contributed by atoms with E-state index in [-0.39, 0.29) is 0 Å². The fourth-order valence-corrected chi connectivity index (χ4v) is 2.95. The van der Waals surface area contributed by atoms with Gasteiger partial charge in [0, 0.05) is 31.9 Å². The summed E-state index contributed by atoms with van der Waals surface area (Å²) in [6.45, 7) is 5.59. The molecule has 7 heteroatoms. The molecule has 0 spiro atoms. The van der Waals surface area contributed by atoms with Gasteiger partial charge in [-0.3, -0.25) is 0 Å². The minimum absolute atomic E-state index is 0.707. The number of anilines is 1. The third kappa shape index (κ3) is 3.28. The summed E-state index contributed by atoms with van der Waals surface area (Å²) in [6, 6.07) is 12.4. The molecular formula is C19H21N7. The summed E-state index contributed by atoms with van der Waals surface area (Å²) in [6.07, 6.45) is 4.63. The van der Waals surface area contributed by atoms with Gasteiger partial charge in [-0.05, 0) is 30.2 Å². The Labute approximate surface area is 151 Å². The molecule has 0 radical (unpaired) electrons. The molecule has 0 saturated carbocycles. The summed E-state index contributed by atoms with van der Waals surface area (Å²) in [5.41, 5.74) is 3.23. The van der Waals surface area contributed by atoms with Gasteiger partial charge in [0.15, 0.2) is 11.5 Å². The van der Waals surface area contributed by atoms with Gasteiger partial charge in [-0.2, -0.15) is 4.52 Å². The lowest BCUT2D eigenvalue weighted by Gasteiger charge is -2.09. The quantitative estimate of drug-likeness (QED) is 0.581. The fourth-order valence-electron chi connectivity index (χ4n) is 2.95. The molecule has 1 N–H and O–H groups in total. The second kappa shape index (κ2) is 6.95.